The minimum absolute atomic E-state index is 0.356. The molecule has 0 radical (unpaired) electrons. The third kappa shape index (κ3) is 3.32. The third-order valence-electron chi connectivity index (χ3n) is 4.27. The molecule has 0 aromatic heterocycles. The van der Waals surface area contributed by atoms with Gasteiger partial charge in [0.15, 0.2) is 0 Å². The van der Waals surface area contributed by atoms with E-state index in [1.165, 1.54) is 17.7 Å². The minimum Gasteiger partial charge on any atom is -0.388 e. The van der Waals surface area contributed by atoms with Crippen LogP contribution in [0.5, 0.6) is 0 Å². The first-order chi connectivity index (χ1) is 9.83. The van der Waals surface area contributed by atoms with Gasteiger partial charge in [0.1, 0.15) is 0 Å². The highest BCUT2D eigenvalue weighted by Gasteiger charge is 2.15. The molecular formula is C16H24N2O2. The van der Waals surface area contributed by atoms with Crippen molar-refractivity contribution in [3.05, 3.63) is 29.3 Å². The summed E-state index contributed by atoms with van der Waals surface area (Å²) in [5, 5.41) is 13.8. The zero-order valence-electron chi connectivity index (χ0n) is 12.0. The molecule has 4 nitrogen and oxygen atoms in total. The van der Waals surface area contributed by atoms with Gasteiger partial charge in [0.25, 0.3) is 0 Å². The zero-order valence-corrected chi connectivity index (χ0v) is 12.0. The lowest BCUT2D eigenvalue weighted by atomic mass is 9.97. The van der Waals surface area contributed by atoms with Crippen LogP contribution in [0.3, 0.4) is 0 Å². The molecule has 3 rings (SSSR count). The smallest absolute Gasteiger partial charge is 0.0802 e. The number of fused-ring (bicyclic) bond motifs is 1. The van der Waals surface area contributed by atoms with Crippen LogP contribution >= 0.6 is 0 Å². The minimum atomic E-state index is -0.356. The average molecular weight is 276 g/mol. The van der Waals surface area contributed by atoms with Gasteiger partial charge in [-0.25, -0.2) is 0 Å². The Hall–Kier alpha value is -1.10. The van der Waals surface area contributed by atoms with Gasteiger partial charge in [-0.1, -0.05) is 12.1 Å². The number of aliphatic hydroxyl groups is 1. The summed E-state index contributed by atoms with van der Waals surface area (Å²) in [5.74, 6) is 0. The highest BCUT2D eigenvalue weighted by Crippen LogP contribution is 2.27. The maximum atomic E-state index is 10.4. The summed E-state index contributed by atoms with van der Waals surface area (Å²) in [6.45, 7) is 5.62. The molecule has 4 heteroatoms. The molecule has 1 saturated heterocycles. The Labute approximate surface area is 120 Å². The topological polar surface area (TPSA) is 44.7 Å². The summed E-state index contributed by atoms with van der Waals surface area (Å²) in [6.07, 6.45) is 2.74. The van der Waals surface area contributed by atoms with Crippen LogP contribution in [-0.4, -0.2) is 49.4 Å². The lowest BCUT2D eigenvalue weighted by molar-refractivity contribution is 0.0300. The predicted molar refractivity (Wildman–Crippen MR) is 80.1 cm³/mol. The molecule has 2 aliphatic heterocycles. The molecule has 0 spiro atoms. The molecule has 0 saturated carbocycles. The highest BCUT2D eigenvalue weighted by atomic mass is 16.5. The monoisotopic (exact) mass is 276 g/mol. The lowest BCUT2D eigenvalue weighted by Gasteiger charge is -2.27. The van der Waals surface area contributed by atoms with Gasteiger partial charge in [0.05, 0.1) is 19.3 Å². The molecule has 2 heterocycles. The summed E-state index contributed by atoms with van der Waals surface area (Å²) < 4.78 is 5.34. The fraction of sp³-hybridized carbons (Fsp3) is 0.625. The summed E-state index contributed by atoms with van der Waals surface area (Å²) in [4.78, 5) is 2.37. The first kappa shape index (κ1) is 13.9. The van der Waals surface area contributed by atoms with E-state index in [0.717, 1.165) is 57.8 Å². The molecule has 1 atom stereocenters. The van der Waals surface area contributed by atoms with Crippen LogP contribution in [0.25, 0.3) is 0 Å². The van der Waals surface area contributed by atoms with Crippen molar-refractivity contribution in [2.45, 2.75) is 25.4 Å². The molecule has 1 unspecified atom stereocenters. The Kier molecular flexibility index (Phi) is 4.55. The Morgan fingerprint density at radius 2 is 2.15 bits per heavy atom. The molecular weight excluding hydrogens is 252 g/mol. The van der Waals surface area contributed by atoms with Gasteiger partial charge < -0.3 is 15.2 Å². The van der Waals surface area contributed by atoms with Crippen LogP contribution in [0.4, 0.5) is 5.69 Å². The Morgan fingerprint density at radius 1 is 1.30 bits per heavy atom. The fourth-order valence-electron chi connectivity index (χ4n) is 3.00. The predicted octanol–water partition coefficient (Wildman–Crippen LogP) is 1.80. The second kappa shape index (κ2) is 6.57. The van der Waals surface area contributed by atoms with Crippen molar-refractivity contribution in [3.63, 3.8) is 0 Å². The maximum absolute atomic E-state index is 10.4. The molecule has 0 bridgehead atoms. The normalized spacial score (nSPS) is 21.1. The Bertz CT molecular complexity index is 444. The van der Waals surface area contributed by atoms with Gasteiger partial charge in [0, 0.05) is 31.9 Å². The van der Waals surface area contributed by atoms with E-state index in [9.17, 15) is 5.11 Å². The number of rotatable bonds is 4. The average Bonchev–Trinajstić information content (AvgIpc) is 2.53. The van der Waals surface area contributed by atoms with Crippen molar-refractivity contribution in [2.75, 3.05) is 44.7 Å². The van der Waals surface area contributed by atoms with Crippen LogP contribution in [0.15, 0.2) is 18.2 Å². The number of nitrogens with one attached hydrogen (secondary N) is 1. The van der Waals surface area contributed by atoms with Crippen molar-refractivity contribution < 1.29 is 9.84 Å². The van der Waals surface area contributed by atoms with Crippen molar-refractivity contribution in [1.29, 1.82) is 0 Å². The molecule has 1 aromatic carbocycles. The quantitative estimate of drug-likeness (QED) is 0.880. The standard InChI is InChI=1S/C16H24N2O2/c19-16(5-7-18-8-10-20-11-9-18)14-3-4-15-13(12-14)2-1-6-17-15/h3-4,12,16-17,19H,1-2,5-11H2. The van der Waals surface area contributed by atoms with Crippen LogP contribution in [0.2, 0.25) is 0 Å². The lowest BCUT2D eigenvalue weighted by Crippen LogP contribution is -2.37. The van der Waals surface area contributed by atoms with Gasteiger partial charge in [0.2, 0.25) is 0 Å². The summed E-state index contributed by atoms with van der Waals surface area (Å²) >= 11 is 0. The summed E-state index contributed by atoms with van der Waals surface area (Å²) in [7, 11) is 0. The number of aliphatic hydroxyl groups excluding tert-OH is 1. The van der Waals surface area contributed by atoms with E-state index in [1.54, 1.807) is 0 Å². The second-order valence-electron chi connectivity index (χ2n) is 5.71. The first-order valence-corrected chi connectivity index (χ1v) is 7.68. The van der Waals surface area contributed by atoms with Gasteiger partial charge >= 0.3 is 0 Å². The molecule has 20 heavy (non-hydrogen) atoms. The number of ether oxygens (including phenoxy) is 1. The van der Waals surface area contributed by atoms with Gasteiger partial charge in [-0.15, -0.1) is 0 Å². The van der Waals surface area contributed by atoms with Crippen molar-refractivity contribution in [1.82, 2.24) is 4.90 Å². The second-order valence-corrected chi connectivity index (χ2v) is 5.71. The van der Waals surface area contributed by atoms with E-state index in [1.807, 2.05) is 0 Å². The van der Waals surface area contributed by atoms with E-state index in [4.69, 9.17) is 4.74 Å². The molecule has 1 fully saturated rings. The van der Waals surface area contributed by atoms with Gasteiger partial charge in [-0.05, 0) is 36.5 Å². The van der Waals surface area contributed by atoms with Gasteiger partial charge in [-0.3, -0.25) is 4.90 Å². The van der Waals surface area contributed by atoms with E-state index in [-0.39, 0.29) is 6.10 Å². The fourth-order valence-corrected chi connectivity index (χ4v) is 3.00. The number of aryl methyl sites for hydroxylation is 1. The molecule has 1 aromatic rings. The van der Waals surface area contributed by atoms with Crippen molar-refractivity contribution in [2.24, 2.45) is 0 Å². The van der Waals surface area contributed by atoms with Crippen molar-refractivity contribution >= 4 is 5.69 Å². The highest BCUT2D eigenvalue weighted by molar-refractivity contribution is 5.54. The number of hydrogen-bond acceptors (Lipinski definition) is 4. The largest absolute Gasteiger partial charge is 0.388 e. The summed E-state index contributed by atoms with van der Waals surface area (Å²) in [5.41, 5.74) is 3.64. The van der Waals surface area contributed by atoms with Crippen LogP contribution in [0, 0.1) is 0 Å². The van der Waals surface area contributed by atoms with Crippen molar-refractivity contribution in [3.8, 4) is 0 Å². The number of benzene rings is 1. The van der Waals surface area contributed by atoms with E-state index in [0.29, 0.717) is 0 Å². The Morgan fingerprint density at radius 3 is 3.00 bits per heavy atom. The molecule has 0 aliphatic carbocycles. The van der Waals surface area contributed by atoms with E-state index >= 15 is 0 Å². The van der Waals surface area contributed by atoms with Gasteiger partial charge in [-0.2, -0.15) is 0 Å². The van der Waals surface area contributed by atoms with Crippen LogP contribution in [-0.2, 0) is 11.2 Å². The number of hydrogen-bond donors (Lipinski definition) is 2. The van der Waals surface area contributed by atoms with Crippen LogP contribution in [0.1, 0.15) is 30.1 Å². The summed E-state index contributed by atoms with van der Waals surface area (Å²) in [6, 6.07) is 6.34. The number of anilines is 1. The zero-order chi connectivity index (χ0) is 13.8. The number of nitrogens with zero attached hydrogens (tertiary/aromatic N) is 1. The first-order valence-electron chi connectivity index (χ1n) is 7.68. The van der Waals surface area contributed by atoms with E-state index in [2.05, 4.69) is 28.4 Å². The SMILES string of the molecule is OC(CCN1CCOCC1)c1ccc2c(c1)CCCN2. The molecule has 2 N–H and O–H groups in total. The maximum Gasteiger partial charge on any atom is 0.0802 e. The molecule has 110 valence electrons. The number of morpholine rings is 1. The van der Waals surface area contributed by atoms with E-state index < -0.39 is 0 Å². The Balaban J connectivity index is 1.57. The third-order valence-corrected chi connectivity index (χ3v) is 4.27. The molecule has 2 aliphatic rings. The van der Waals surface area contributed by atoms with Crippen LogP contribution < -0.4 is 5.32 Å². The molecule has 0 amide bonds.